The standard InChI is InChI=1S/C23H25FN4O4/c1-26(13-8-14-29)22(31)20-21(27(2)16-30)25-23(32-19-12-7-6-11-18(19)24)28(20)15-17-9-4-3-5-10-17/h3-7,9-12,16,29H,8,13-15H2,1-2H3. The van der Waals surface area contributed by atoms with E-state index in [4.69, 9.17) is 9.84 Å². The number of halogens is 1. The Morgan fingerprint density at radius 1 is 1.16 bits per heavy atom. The summed E-state index contributed by atoms with van der Waals surface area (Å²) in [5.74, 6) is -0.961. The molecule has 1 N–H and O–H groups in total. The minimum Gasteiger partial charge on any atom is -0.422 e. The van der Waals surface area contributed by atoms with E-state index in [2.05, 4.69) is 4.98 Å². The summed E-state index contributed by atoms with van der Waals surface area (Å²) < 4.78 is 21.6. The second kappa shape index (κ2) is 10.5. The van der Waals surface area contributed by atoms with E-state index in [-0.39, 0.29) is 36.4 Å². The average molecular weight is 440 g/mol. The molecule has 0 fully saturated rings. The summed E-state index contributed by atoms with van der Waals surface area (Å²) in [7, 11) is 3.07. The highest BCUT2D eigenvalue weighted by Gasteiger charge is 2.29. The molecule has 3 rings (SSSR count). The number of hydrogen-bond donors (Lipinski definition) is 1. The molecule has 0 aliphatic rings. The van der Waals surface area contributed by atoms with E-state index in [1.54, 1.807) is 13.1 Å². The number of rotatable bonds is 10. The molecule has 9 heteroatoms. The third kappa shape index (κ3) is 5.12. The van der Waals surface area contributed by atoms with Crippen molar-refractivity contribution in [1.82, 2.24) is 14.5 Å². The minimum atomic E-state index is -0.583. The Bertz CT molecular complexity index is 1070. The zero-order valence-corrected chi connectivity index (χ0v) is 17.9. The van der Waals surface area contributed by atoms with E-state index in [1.807, 2.05) is 30.3 Å². The van der Waals surface area contributed by atoms with Gasteiger partial charge in [-0.1, -0.05) is 42.5 Å². The average Bonchev–Trinajstić information content (AvgIpc) is 3.16. The molecule has 3 aromatic rings. The van der Waals surface area contributed by atoms with Crippen LogP contribution in [0.2, 0.25) is 0 Å². The van der Waals surface area contributed by atoms with Crippen LogP contribution in [0, 0.1) is 5.82 Å². The van der Waals surface area contributed by atoms with E-state index in [0.29, 0.717) is 19.4 Å². The van der Waals surface area contributed by atoms with Crippen molar-refractivity contribution in [3.63, 3.8) is 0 Å². The predicted octanol–water partition coefficient (Wildman–Crippen LogP) is 2.91. The smallest absolute Gasteiger partial charge is 0.305 e. The van der Waals surface area contributed by atoms with Gasteiger partial charge in [0.05, 0.1) is 6.54 Å². The van der Waals surface area contributed by atoms with E-state index in [1.165, 1.54) is 39.6 Å². The molecule has 2 aromatic carbocycles. The van der Waals surface area contributed by atoms with Gasteiger partial charge in [0.25, 0.3) is 5.91 Å². The number of benzene rings is 2. The summed E-state index contributed by atoms with van der Waals surface area (Å²) >= 11 is 0. The second-order valence-corrected chi connectivity index (χ2v) is 7.19. The summed E-state index contributed by atoms with van der Waals surface area (Å²) in [4.78, 5) is 31.9. The Balaban J connectivity index is 2.14. The Morgan fingerprint density at radius 3 is 2.50 bits per heavy atom. The lowest BCUT2D eigenvalue weighted by Crippen LogP contribution is -2.32. The predicted molar refractivity (Wildman–Crippen MR) is 117 cm³/mol. The van der Waals surface area contributed by atoms with Crippen LogP contribution in [0.1, 0.15) is 22.5 Å². The van der Waals surface area contributed by atoms with Crippen molar-refractivity contribution < 1.29 is 23.8 Å². The van der Waals surface area contributed by atoms with Crippen molar-refractivity contribution in [2.24, 2.45) is 0 Å². The van der Waals surface area contributed by atoms with Gasteiger partial charge in [0.1, 0.15) is 0 Å². The molecule has 168 valence electrons. The lowest BCUT2D eigenvalue weighted by molar-refractivity contribution is -0.107. The molecule has 1 aromatic heterocycles. The molecule has 0 saturated heterocycles. The molecule has 0 unspecified atom stereocenters. The van der Waals surface area contributed by atoms with Crippen molar-refractivity contribution >= 4 is 18.1 Å². The lowest BCUT2D eigenvalue weighted by atomic mass is 10.2. The van der Waals surface area contributed by atoms with Crippen molar-refractivity contribution in [1.29, 1.82) is 0 Å². The Labute approximate surface area is 185 Å². The fourth-order valence-electron chi connectivity index (χ4n) is 3.13. The van der Waals surface area contributed by atoms with Crippen LogP contribution in [0.3, 0.4) is 0 Å². The van der Waals surface area contributed by atoms with Gasteiger partial charge in [-0.05, 0) is 24.1 Å². The highest BCUT2D eigenvalue weighted by molar-refractivity contribution is 5.99. The van der Waals surface area contributed by atoms with Gasteiger partial charge in [-0.2, -0.15) is 4.98 Å². The van der Waals surface area contributed by atoms with E-state index in [0.717, 1.165) is 5.56 Å². The highest BCUT2D eigenvalue weighted by atomic mass is 19.1. The van der Waals surface area contributed by atoms with Gasteiger partial charge in [-0.3, -0.25) is 14.2 Å². The molecule has 0 spiro atoms. The van der Waals surface area contributed by atoms with Crippen molar-refractivity contribution in [3.05, 3.63) is 71.7 Å². The summed E-state index contributed by atoms with van der Waals surface area (Å²) in [5.41, 5.74) is 0.978. The van der Waals surface area contributed by atoms with Gasteiger partial charge in [0.2, 0.25) is 6.41 Å². The second-order valence-electron chi connectivity index (χ2n) is 7.19. The molecule has 0 bridgehead atoms. The minimum absolute atomic E-state index is 0.0263. The topological polar surface area (TPSA) is 87.9 Å². The molecule has 0 aliphatic carbocycles. The van der Waals surface area contributed by atoms with Gasteiger partial charge >= 0.3 is 6.01 Å². The van der Waals surface area contributed by atoms with Crippen LogP contribution >= 0.6 is 0 Å². The van der Waals surface area contributed by atoms with E-state index in [9.17, 15) is 14.0 Å². The summed E-state index contributed by atoms with van der Waals surface area (Å²) in [6.45, 7) is 0.447. The number of nitrogens with zero attached hydrogens (tertiary/aromatic N) is 4. The van der Waals surface area contributed by atoms with Crippen molar-refractivity contribution in [2.75, 3.05) is 32.1 Å². The summed E-state index contributed by atoms with van der Waals surface area (Å²) in [6.07, 6.45) is 0.930. The van der Waals surface area contributed by atoms with E-state index >= 15 is 0 Å². The van der Waals surface area contributed by atoms with Crippen molar-refractivity contribution in [2.45, 2.75) is 13.0 Å². The molecule has 0 saturated carbocycles. The maximum absolute atomic E-state index is 14.3. The maximum Gasteiger partial charge on any atom is 0.305 e. The zero-order valence-electron chi connectivity index (χ0n) is 17.9. The number of carbonyl (C=O) groups excluding carboxylic acids is 2. The molecule has 32 heavy (non-hydrogen) atoms. The first-order chi connectivity index (χ1) is 15.5. The molecule has 0 atom stereocenters. The normalized spacial score (nSPS) is 10.6. The quantitative estimate of drug-likeness (QED) is 0.490. The number of para-hydroxylation sites is 1. The largest absolute Gasteiger partial charge is 0.422 e. The van der Waals surface area contributed by atoms with Crippen LogP contribution in [-0.4, -0.2) is 59.1 Å². The van der Waals surface area contributed by atoms with Gasteiger partial charge in [-0.25, -0.2) is 4.39 Å². The summed E-state index contributed by atoms with van der Waals surface area (Å²) in [5, 5.41) is 9.13. The Hall–Kier alpha value is -3.72. The number of ether oxygens (including phenoxy) is 1. The third-order valence-corrected chi connectivity index (χ3v) is 4.83. The maximum atomic E-state index is 14.3. The number of aliphatic hydroxyl groups is 1. The lowest BCUT2D eigenvalue weighted by Gasteiger charge is -2.20. The molecule has 0 aliphatic heterocycles. The van der Waals surface area contributed by atoms with Crippen LogP contribution in [0.15, 0.2) is 54.6 Å². The van der Waals surface area contributed by atoms with Crippen LogP contribution in [0.5, 0.6) is 11.8 Å². The fourth-order valence-corrected chi connectivity index (χ4v) is 3.13. The van der Waals surface area contributed by atoms with Crippen LogP contribution in [0.25, 0.3) is 0 Å². The number of aliphatic hydroxyl groups excluding tert-OH is 1. The SMILES string of the molecule is CN(CCCO)C(=O)c1c(N(C)C=O)nc(Oc2ccccc2F)n1Cc1ccccc1. The molecular formula is C23H25FN4O4. The van der Waals surface area contributed by atoms with Crippen molar-refractivity contribution in [3.8, 4) is 11.8 Å². The van der Waals surface area contributed by atoms with Gasteiger partial charge in [-0.15, -0.1) is 0 Å². The number of anilines is 1. The van der Waals surface area contributed by atoms with Gasteiger partial charge in [0, 0.05) is 27.2 Å². The molecule has 2 amide bonds. The first-order valence-corrected chi connectivity index (χ1v) is 10.1. The van der Waals surface area contributed by atoms with Gasteiger partial charge < -0.3 is 19.6 Å². The molecule has 8 nitrogen and oxygen atoms in total. The zero-order chi connectivity index (χ0) is 23.1. The van der Waals surface area contributed by atoms with Crippen LogP contribution in [0.4, 0.5) is 10.2 Å². The number of hydrogen-bond acceptors (Lipinski definition) is 5. The molecule has 1 heterocycles. The third-order valence-electron chi connectivity index (χ3n) is 4.83. The highest BCUT2D eigenvalue weighted by Crippen LogP contribution is 2.31. The number of carbonyl (C=O) groups is 2. The fraction of sp³-hybridized carbons (Fsp3) is 0.261. The number of imidazole rings is 1. The molecular weight excluding hydrogens is 415 g/mol. The summed E-state index contributed by atoms with van der Waals surface area (Å²) in [6, 6.07) is 15.2. The first-order valence-electron chi connectivity index (χ1n) is 10.1. The van der Waals surface area contributed by atoms with Gasteiger partial charge in [0.15, 0.2) is 23.1 Å². The Kier molecular flexibility index (Phi) is 7.56. The van der Waals surface area contributed by atoms with Crippen LogP contribution in [-0.2, 0) is 11.3 Å². The van der Waals surface area contributed by atoms with E-state index < -0.39 is 11.7 Å². The number of amides is 2. The molecule has 0 radical (unpaired) electrons. The number of aromatic nitrogens is 2. The monoisotopic (exact) mass is 440 g/mol. The van der Waals surface area contributed by atoms with Crippen LogP contribution < -0.4 is 9.64 Å². The Morgan fingerprint density at radius 2 is 1.84 bits per heavy atom. The first kappa shape index (κ1) is 23.0.